The van der Waals surface area contributed by atoms with Gasteiger partial charge in [0.15, 0.2) is 0 Å². The van der Waals surface area contributed by atoms with E-state index in [2.05, 4.69) is 23.9 Å². The monoisotopic (exact) mass is 296 g/mol. The Morgan fingerprint density at radius 3 is 2.55 bits per heavy atom. The number of rotatable bonds is 6. The van der Waals surface area contributed by atoms with Crippen molar-refractivity contribution in [1.82, 2.24) is 10.0 Å². The third kappa shape index (κ3) is 3.81. The van der Waals surface area contributed by atoms with E-state index >= 15 is 0 Å². The molecule has 2 N–H and O–H groups in total. The molecule has 0 saturated heterocycles. The summed E-state index contributed by atoms with van der Waals surface area (Å²) in [5, 5.41) is 3.22. The van der Waals surface area contributed by atoms with E-state index in [-0.39, 0.29) is 6.04 Å². The van der Waals surface area contributed by atoms with E-state index in [4.69, 9.17) is 0 Å². The fraction of sp³-hybridized carbons (Fsp3) is 0.600. The molecule has 2 rings (SSSR count). The molecule has 4 nitrogen and oxygen atoms in total. The van der Waals surface area contributed by atoms with Gasteiger partial charge in [-0.25, -0.2) is 13.1 Å². The lowest BCUT2D eigenvalue weighted by atomic mass is 10.1. The second kappa shape index (κ2) is 6.24. The zero-order chi connectivity index (χ0) is 14.8. The second-order valence-corrected chi connectivity index (χ2v) is 7.74. The zero-order valence-corrected chi connectivity index (χ0v) is 13.3. The Morgan fingerprint density at radius 1 is 1.15 bits per heavy atom. The number of benzene rings is 1. The molecule has 0 amide bonds. The van der Waals surface area contributed by atoms with Gasteiger partial charge in [-0.2, -0.15) is 0 Å². The Morgan fingerprint density at radius 2 is 1.85 bits per heavy atom. The van der Waals surface area contributed by atoms with Gasteiger partial charge in [0.2, 0.25) is 10.0 Å². The Bertz CT molecular complexity index is 567. The van der Waals surface area contributed by atoms with Gasteiger partial charge >= 0.3 is 0 Å². The minimum absolute atomic E-state index is 0.0335. The summed E-state index contributed by atoms with van der Waals surface area (Å²) < 4.78 is 27.5. The lowest BCUT2D eigenvalue weighted by Crippen LogP contribution is -2.32. The summed E-state index contributed by atoms with van der Waals surface area (Å²) in [6, 6.07) is 5.35. The van der Waals surface area contributed by atoms with E-state index in [1.54, 1.807) is 12.1 Å². The van der Waals surface area contributed by atoms with E-state index in [1.807, 2.05) is 13.0 Å². The van der Waals surface area contributed by atoms with Crippen molar-refractivity contribution in [2.45, 2.75) is 57.6 Å². The molecule has 0 aliphatic carbocycles. The summed E-state index contributed by atoms with van der Waals surface area (Å²) in [4.78, 5) is 0.372. The van der Waals surface area contributed by atoms with Crippen molar-refractivity contribution < 1.29 is 8.42 Å². The molecule has 1 heterocycles. The van der Waals surface area contributed by atoms with Crippen molar-refractivity contribution in [1.29, 1.82) is 0 Å². The van der Waals surface area contributed by atoms with Crippen molar-refractivity contribution in [3.05, 3.63) is 29.3 Å². The predicted octanol–water partition coefficient (Wildman–Crippen LogP) is 2.39. The average Bonchev–Trinajstić information content (AvgIpc) is 2.83. The molecule has 1 aliphatic rings. The predicted molar refractivity (Wildman–Crippen MR) is 80.8 cm³/mol. The lowest BCUT2D eigenvalue weighted by molar-refractivity contribution is 0.485. The van der Waals surface area contributed by atoms with Gasteiger partial charge in [-0.1, -0.05) is 19.9 Å². The van der Waals surface area contributed by atoms with Crippen LogP contribution in [0.4, 0.5) is 0 Å². The van der Waals surface area contributed by atoms with Gasteiger partial charge in [0.25, 0.3) is 0 Å². The van der Waals surface area contributed by atoms with Gasteiger partial charge in [0, 0.05) is 19.1 Å². The SMILES string of the molecule is CC(C)CCC(C)NS(=O)(=O)c1ccc2c(c1)CNC2. The number of hydrogen-bond donors (Lipinski definition) is 2. The zero-order valence-electron chi connectivity index (χ0n) is 12.4. The fourth-order valence-corrected chi connectivity index (χ4v) is 3.74. The maximum absolute atomic E-state index is 12.4. The Hall–Kier alpha value is -0.910. The summed E-state index contributed by atoms with van der Waals surface area (Å²) in [6.07, 6.45) is 1.89. The quantitative estimate of drug-likeness (QED) is 0.847. The highest BCUT2D eigenvalue weighted by molar-refractivity contribution is 7.89. The summed E-state index contributed by atoms with van der Waals surface area (Å²) >= 11 is 0. The highest BCUT2D eigenvalue weighted by Crippen LogP contribution is 2.20. The number of hydrogen-bond acceptors (Lipinski definition) is 3. The smallest absolute Gasteiger partial charge is 0.240 e. The van der Waals surface area contributed by atoms with Crippen LogP contribution in [-0.4, -0.2) is 14.5 Å². The first-order valence-electron chi connectivity index (χ1n) is 7.23. The number of sulfonamides is 1. The van der Waals surface area contributed by atoms with E-state index in [0.717, 1.165) is 31.5 Å². The first-order chi connectivity index (χ1) is 9.38. The molecular formula is C15H24N2O2S. The molecule has 5 heteroatoms. The highest BCUT2D eigenvalue weighted by atomic mass is 32.2. The molecule has 0 bridgehead atoms. The van der Waals surface area contributed by atoms with E-state index in [1.165, 1.54) is 5.56 Å². The average molecular weight is 296 g/mol. The minimum atomic E-state index is -3.41. The van der Waals surface area contributed by atoms with E-state index in [0.29, 0.717) is 10.8 Å². The van der Waals surface area contributed by atoms with Crippen molar-refractivity contribution in [3.63, 3.8) is 0 Å². The molecule has 0 aromatic heterocycles. The third-order valence-corrected chi connectivity index (χ3v) is 5.24. The molecule has 20 heavy (non-hydrogen) atoms. The summed E-state index contributed by atoms with van der Waals surface area (Å²) in [5.41, 5.74) is 2.28. The maximum Gasteiger partial charge on any atom is 0.240 e. The van der Waals surface area contributed by atoms with Crippen molar-refractivity contribution >= 4 is 10.0 Å². The highest BCUT2D eigenvalue weighted by Gasteiger charge is 2.20. The van der Waals surface area contributed by atoms with Gasteiger partial charge < -0.3 is 5.32 Å². The van der Waals surface area contributed by atoms with Crippen LogP contribution in [0, 0.1) is 5.92 Å². The molecule has 0 fully saturated rings. The van der Waals surface area contributed by atoms with Crippen molar-refractivity contribution in [2.24, 2.45) is 5.92 Å². The Balaban J connectivity index is 2.06. The van der Waals surface area contributed by atoms with Crippen molar-refractivity contribution in [3.8, 4) is 0 Å². The van der Waals surface area contributed by atoms with Crippen LogP contribution >= 0.6 is 0 Å². The molecule has 1 unspecified atom stereocenters. The van der Waals surface area contributed by atoms with Crippen LogP contribution in [0.15, 0.2) is 23.1 Å². The van der Waals surface area contributed by atoms with Gasteiger partial charge in [-0.3, -0.25) is 0 Å². The van der Waals surface area contributed by atoms with Crippen LogP contribution < -0.4 is 10.0 Å². The molecule has 1 aliphatic heterocycles. The molecular weight excluding hydrogens is 272 g/mol. The molecule has 1 aromatic carbocycles. The van der Waals surface area contributed by atoms with E-state index in [9.17, 15) is 8.42 Å². The summed E-state index contributed by atoms with van der Waals surface area (Å²) in [5.74, 6) is 0.591. The maximum atomic E-state index is 12.4. The minimum Gasteiger partial charge on any atom is -0.309 e. The van der Waals surface area contributed by atoms with Crippen LogP contribution in [0.1, 0.15) is 44.7 Å². The number of fused-ring (bicyclic) bond motifs is 1. The van der Waals surface area contributed by atoms with Gasteiger partial charge in [0.05, 0.1) is 4.90 Å². The van der Waals surface area contributed by atoms with E-state index < -0.39 is 10.0 Å². The Kier molecular flexibility index (Phi) is 4.83. The number of nitrogens with one attached hydrogen (secondary N) is 2. The lowest BCUT2D eigenvalue weighted by Gasteiger charge is -2.15. The van der Waals surface area contributed by atoms with Crippen molar-refractivity contribution in [2.75, 3.05) is 0 Å². The van der Waals surface area contributed by atoms with Crippen LogP contribution in [0.25, 0.3) is 0 Å². The standard InChI is InChI=1S/C15H24N2O2S/c1-11(2)4-5-12(3)17-20(18,19)15-7-6-13-9-16-10-14(13)8-15/h6-8,11-12,16-17H,4-5,9-10H2,1-3H3. The molecule has 1 atom stereocenters. The molecule has 0 spiro atoms. The largest absolute Gasteiger partial charge is 0.309 e. The molecule has 0 saturated carbocycles. The van der Waals surface area contributed by atoms with Crippen LogP contribution in [0.3, 0.4) is 0 Å². The first-order valence-corrected chi connectivity index (χ1v) is 8.71. The Labute approximate surface area is 122 Å². The molecule has 1 aromatic rings. The van der Waals surface area contributed by atoms with Crippen LogP contribution in [-0.2, 0) is 23.1 Å². The van der Waals surface area contributed by atoms with Gasteiger partial charge in [0.1, 0.15) is 0 Å². The summed E-state index contributed by atoms with van der Waals surface area (Å²) in [7, 11) is -3.41. The van der Waals surface area contributed by atoms with Gasteiger partial charge in [-0.15, -0.1) is 0 Å². The summed E-state index contributed by atoms with van der Waals surface area (Å²) in [6.45, 7) is 7.80. The topological polar surface area (TPSA) is 58.2 Å². The third-order valence-electron chi connectivity index (χ3n) is 3.65. The second-order valence-electron chi connectivity index (χ2n) is 6.03. The van der Waals surface area contributed by atoms with Crippen LogP contribution in [0.2, 0.25) is 0 Å². The van der Waals surface area contributed by atoms with Gasteiger partial charge in [-0.05, 0) is 48.9 Å². The fourth-order valence-electron chi connectivity index (χ4n) is 2.41. The van der Waals surface area contributed by atoms with Crippen LogP contribution in [0.5, 0.6) is 0 Å². The molecule has 112 valence electrons. The normalized spacial score (nSPS) is 16.4. The molecule has 0 radical (unpaired) electrons. The first kappa shape index (κ1) is 15.5.